The molecule has 2 aromatic rings. The molecule has 3 rings (SSSR count). The fourth-order valence-electron chi connectivity index (χ4n) is 2.97. The Morgan fingerprint density at radius 2 is 2.20 bits per heavy atom. The lowest BCUT2D eigenvalue weighted by molar-refractivity contribution is 0.942. The summed E-state index contributed by atoms with van der Waals surface area (Å²) in [5, 5.41) is 0. The van der Waals surface area contributed by atoms with Crippen LogP contribution in [0.2, 0.25) is 0 Å². The molecule has 4 heteroatoms. The predicted molar refractivity (Wildman–Crippen MR) is 107 cm³/mol. The largest absolute Gasteiger partial charge is 0.298 e. The van der Waals surface area contributed by atoms with Gasteiger partial charge in [-0.25, -0.2) is 4.98 Å². The lowest BCUT2D eigenvalue weighted by Crippen LogP contribution is -1.99. The lowest BCUT2D eigenvalue weighted by Gasteiger charge is -2.09. The molecular weight excluding hydrogens is 308 g/mol. The molecule has 0 amide bonds. The Hall–Kier alpha value is -3.01. The molecule has 0 saturated heterocycles. The molecular formula is C21H22N4. The normalized spacial score (nSPS) is 17.6. The number of rotatable bonds is 4. The van der Waals surface area contributed by atoms with E-state index in [-0.39, 0.29) is 0 Å². The van der Waals surface area contributed by atoms with Gasteiger partial charge >= 0.3 is 0 Å². The number of aromatic nitrogens is 2. The standard InChI is InChI=1S/C21H22N4/c1-5-7-19-20(14-22-6-2)25-11-9-18(16(4)21(25)24-19)17-12-15(3)8-10-23-13-17/h5-15H,2H2,1,3-4H3/b7-5-,22-14?. The molecule has 2 aromatic heterocycles. The summed E-state index contributed by atoms with van der Waals surface area (Å²) in [6, 6.07) is 2.12. The van der Waals surface area contributed by atoms with E-state index in [1.54, 1.807) is 6.21 Å². The zero-order chi connectivity index (χ0) is 17.8. The number of hydrogen-bond donors (Lipinski definition) is 0. The smallest absolute Gasteiger partial charge is 0.141 e. The summed E-state index contributed by atoms with van der Waals surface area (Å²) in [7, 11) is 0. The molecule has 3 heterocycles. The summed E-state index contributed by atoms with van der Waals surface area (Å²) in [6.45, 7) is 9.89. The Morgan fingerprint density at radius 1 is 1.36 bits per heavy atom. The molecule has 1 unspecified atom stereocenters. The maximum atomic E-state index is 4.82. The highest BCUT2D eigenvalue weighted by Gasteiger charge is 2.14. The number of aryl methyl sites for hydroxylation is 1. The number of allylic oxidation sites excluding steroid dienone is 4. The van der Waals surface area contributed by atoms with Gasteiger partial charge in [0, 0.05) is 30.4 Å². The predicted octanol–water partition coefficient (Wildman–Crippen LogP) is 4.86. The summed E-state index contributed by atoms with van der Waals surface area (Å²) in [5.74, 6) is 0.349. The van der Waals surface area contributed by atoms with Crippen molar-refractivity contribution in [2.45, 2.75) is 20.8 Å². The van der Waals surface area contributed by atoms with Crippen molar-refractivity contribution in [2.24, 2.45) is 15.9 Å². The van der Waals surface area contributed by atoms with Crippen molar-refractivity contribution in [3.63, 3.8) is 0 Å². The molecule has 0 aromatic carbocycles. The van der Waals surface area contributed by atoms with Gasteiger partial charge in [0.2, 0.25) is 0 Å². The van der Waals surface area contributed by atoms with Crippen LogP contribution in [0.1, 0.15) is 36.4 Å². The summed E-state index contributed by atoms with van der Waals surface area (Å²) < 4.78 is 2.07. The van der Waals surface area contributed by atoms with Gasteiger partial charge in [0.15, 0.2) is 0 Å². The molecule has 126 valence electrons. The second kappa shape index (κ2) is 7.26. The minimum Gasteiger partial charge on any atom is -0.298 e. The molecule has 0 radical (unpaired) electrons. The van der Waals surface area contributed by atoms with E-state index in [4.69, 9.17) is 4.98 Å². The number of nitrogens with zero attached hydrogens (tertiary/aromatic N) is 4. The second-order valence-corrected chi connectivity index (χ2v) is 5.99. The molecule has 0 N–H and O–H groups in total. The third-order valence-electron chi connectivity index (χ3n) is 4.18. The first kappa shape index (κ1) is 16.8. The van der Waals surface area contributed by atoms with E-state index in [0.717, 1.165) is 33.7 Å². The van der Waals surface area contributed by atoms with Crippen LogP contribution in [0.3, 0.4) is 0 Å². The van der Waals surface area contributed by atoms with Gasteiger partial charge in [0.25, 0.3) is 0 Å². The Balaban J connectivity index is 2.21. The summed E-state index contributed by atoms with van der Waals surface area (Å²) in [5.41, 5.74) is 6.16. The van der Waals surface area contributed by atoms with Gasteiger partial charge in [-0.3, -0.25) is 14.4 Å². The van der Waals surface area contributed by atoms with Crippen molar-refractivity contribution >= 4 is 29.7 Å². The molecule has 0 saturated carbocycles. The first-order chi connectivity index (χ1) is 12.2. The number of hydrogen-bond acceptors (Lipinski definition) is 3. The molecule has 0 bridgehead atoms. The van der Waals surface area contributed by atoms with Crippen LogP contribution < -0.4 is 0 Å². The quantitative estimate of drug-likeness (QED) is 0.738. The van der Waals surface area contributed by atoms with E-state index >= 15 is 0 Å². The first-order valence-electron chi connectivity index (χ1n) is 8.36. The van der Waals surface area contributed by atoms with Gasteiger partial charge in [0.05, 0.1) is 17.6 Å². The van der Waals surface area contributed by atoms with Gasteiger partial charge < -0.3 is 0 Å². The summed E-state index contributed by atoms with van der Waals surface area (Å²) >= 11 is 0. The van der Waals surface area contributed by atoms with Crippen molar-refractivity contribution in [3.05, 3.63) is 72.0 Å². The molecule has 1 aliphatic rings. The molecule has 0 aliphatic carbocycles. The minimum atomic E-state index is 0.349. The molecule has 4 nitrogen and oxygen atoms in total. The average Bonchev–Trinajstić information content (AvgIpc) is 2.80. The van der Waals surface area contributed by atoms with E-state index < -0.39 is 0 Å². The third kappa shape index (κ3) is 3.29. The fraction of sp³-hybridized carbons (Fsp3) is 0.190. The van der Waals surface area contributed by atoms with E-state index in [0.29, 0.717) is 5.92 Å². The zero-order valence-corrected chi connectivity index (χ0v) is 14.8. The van der Waals surface area contributed by atoms with Crippen LogP contribution in [0.4, 0.5) is 0 Å². The summed E-state index contributed by atoms with van der Waals surface area (Å²) in [4.78, 5) is 13.3. The van der Waals surface area contributed by atoms with Crippen LogP contribution in [-0.4, -0.2) is 21.8 Å². The van der Waals surface area contributed by atoms with Crippen molar-refractivity contribution in [1.82, 2.24) is 9.38 Å². The monoisotopic (exact) mass is 330 g/mol. The van der Waals surface area contributed by atoms with Crippen molar-refractivity contribution < 1.29 is 0 Å². The molecule has 1 atom stereocenters. The van der Waals surface area contributed by atoms with E-state index in [2.05, 4.69) is 53.0 Å². The first-order valence-corrected chi connectivity index (χ1v) is 8.36. The van der Waals surface area contributed by atoms with Crippen molar-refractivity contribution in [1.29, 1.82) is 0 Å². The minimum absolute atomic E-state index is 0.349. The van der Waals surface area contributed by atoms with Gasteiger partial charge in [-0.05, 0) is 43.0 Å². The topological polar surface area (TPSA) is 42.0 Å². The van der Waals surface area contributed by atoms with Crippen molar-refractivity contribution in [2.75, 3.05) is 0 Å². The maximum Gasteiger partial charge on any atom is 0.141 e. The molecule has 0 spiro atoms. The van der Waals surface area contributed by atoms with Crippen molar-refractivity contribution in [3.8, 4) is 0 Å². The fourth-order valence-corrected chi connectivity index (χ4v) is 2.97. The number of fused-ring (bicyclic) bond motifs is 1. The molecule has 25 heavy (non-hydrogen) atoms. The van der Waals surface area contributed by atoms with Crippen LogP contribution in [0.15, 0.2) is 59.5 Å². The number of aliphatic imine (C=N–C) groups is 2. The Morgan fingerprint density at radius 3 is 2.96 bits per heavy atom. The Labute approximate surface area is 148 Å². The van der Waals surface area contributed by atoms with Gasteiger partial charge in [-0.15, -0.1) is 0 Å². The second-order valence-electron chi connectivity index (χ2n) is 5.99. The zero-order valence-electron chi connectivity index (χ0n) is 14.8. The Bertz CT molecular complexity index is 952. The Kier molecular flexibility index (Phi) is 4.89. The van der Waals surface area contributed by atoms with Gasteiger partial charge in [0.1, 0.15) is 5.65 Å². The highest BCUT2D eigenvalue weighted by molar-refractivity contribution is 6.11. The highest BCUT2D eigenvalue weighted by atomic mass is 15.0. The highest BCUT2D eigenvalue weighted by Crippen LogP contribution is 2.26. The SMILES string of the molecule is C=CN=Cc1c(/C=C\C)nc2c(C)c(C3=CC(C)C=CN=C3)ccn12. The van der Waals surface area contributed by atoms with E-state index in [9.17, 15) is 0 Å². The maximum absolute atomic E-state index is 4.82. The third-order valence-corrected chi connectivity index (χ3v) is 4.18. The van der Waals surface area contributed by atoms with Crippen LogP contribution in [0.5, 0.6) is 0 Å². The van der Waals surface area contributed by atoms with Gasteiger partial charge in [-0.2, -0.15) is 0 Å². The van der Waals surface area contributed by atoms with Crippen LogP contribution >= 0.6 is 0 Å². The number of pyridine rings is 1. The van der Waals surface area contributed by atoms with Crippen LogP contribution in [0.25, 0.3) is 17.3 Å². The molecule has 0 fully saturated rings. The van der Waals surface area contributed by atoms with Crippen LogP contribution in [-0.2, 0) is 0 Å². The van der Waals surface area contributed by atoms with Crippen LogP contribution in [0, 0.1) is 12.8 Å². The van der Waals surface area contributed by atoms with E-state index in [1.165, 1.54) is 6.20 Å². The molecule has 1 aliphatic heterocycles. The summed E-state index contributed by atoms with van der Waals surface area (Å²) in [6.07, 6.45) is 17.4. The lowest BCUT2D eigenvalue weighted by atomic mass is 9.99. The van der Waals surface area contributed by atoms with Gasteiger partial charge in [-0.1, -0.05) is 31.7 Å². The van der Waals surface area contributed by atoms with E-state index in [1.807, 2.05) is 37.7 Å². The number of imidazole rings is 1. The average molecular weight is 330 g/mol.